The Morgan fingerprint density at radius 1 is 1.16 bits per heavy atom. The fraction of sp³-hybridized carbons (Fsp3) is 0.867. The van der Waals surface area contributed by atoms with Crippen LogP contribution in [0.15, 0.2) is 0 Å². The van der Waals surface area contributed by atoms with E-state index in [1.165, 1.54) is 25.7 Å². The standard InChI is InChI=1S/C15H27N3O/c1-5-18-13(10-19)16-17-14(18)11-6-8-12(9-7-11)15(2,3)4/h11-12,19H,5-10H2,1-4H3. The number of aliphatic hydroxyl groups excluding tert-OH is 1. The first-order valence-electron chi connectivity index (χ1n) is 7.50. The predicted octanol–water partition coefficient (Wildman–Crippen LogP) is 3.11. The van der Waals surface area contributed by atoms with Crippen LogP contribution in [0, 0.1) is 11.3 Å². The molecule has 1 heterocycles. The number of hydrogen-bond donors (Lipinski definition) is 1. The first-order chi connectivity index (χ1) is 8.97. The molecule has 1 aliphatic carbocycles. The van der Waals surface area contributed by atoms with Crippen LogP contribution < -0.4 is 0 Å². The van der Waals surface area contributed by atoms with Gasteiger partial charge in [-0.3, -0.25) is 0 Å². The van der Waals surface area contributed by atoms with Gasteiger partial charge in [0.2, 0.25) is 0 Å². The molecular weight excluding hydrogens is 238 g/mol. The van der Waals surface area contributed by atoms with Crippen molar-refractivity contribution in [2.75, 3.05) is 0 Å². The summed E-state index contributed by atoms with van der Waals surface area (Å²) >= 11 is 0. The molecule has 19 heavy (non-hydrogen) atoms. The first-order valence-corrected chi connectivity index (χ1v) is 7.50. The van der Waals surface area contributed by atoms with Gasteiger partial charge < -0.3 is 9.67 Å². The van der Waals surface area contributed by atoms with Gasteiger partial charge in [-0.25, -0.2) is 0 Å². The third kappa shape index (κ3) is 2.99. The summed E-state index contributed by atoms with van der Waals surface area (Å²) in [5.41, 5.74) is 0.416. The third-order valence-electron chi connectivity index (χ3n) is 4.63. The van der Waals surface area contributed by atoms with E-state index in [9.17, 15) is 5.11 Å². The van der Waals surface area contributed by atoms with Crippen LogP contribution in [0.2, 0.25) is 0 Å². The summed E-state index contributed by atoms with van der Waals surface area (Å²) in [6, 6.07) is 0. The van der Waals surface area contributed by atoms with Gasteiger partial charge in [0.25, 0.3) is 0 Å². The number of aromatic nitrogens is 3. The molecule has 2 rings (SSSR count). The second kappa shape index (κ2) is 5.61. The summed E-state index contributed by atoms with van der Waals surface area (Å²) < 4.78 is 2.09. The molecule has 0 unspecified atom stereocenters. The maximum absolute atomic E-state index is 9.29. The van der Waals surface area contributed by atoms with Crippen molar-refractivity contribution in [3.8, 4) is 0 Å². The lowest BCUT2D eigenvalue weighted by Crippen LogP contribution is -2.26. The van der Waals surface area contributed by atoms with Gasteiger partial charge in [-0.15, -0.1) is 10.2 Å². The Balaban J connectivity index is 2.08. The van der Waals surface area contributed by atoms with E-state index in [1.807, 2.05) is 0 Å². The highest BCUT2D eigenvalue weighted by molar-refractivity contribution is 5.03. The number of nitrogens with zero attached hydrogens (tertiary/aromatic N) is 3. The van der Waals surface area contributed by atoms with E-state index in [2.05, 4.69) is 42.5 Å². The van der Waals surface area contributed by atoms with Gasteiger partial charge >= 0.3 is 0 Å². The predicted molar refractivity (Wildman–Crippen MR) is 75.8 cm³/mol. The number of aliphatic hydroxyl groups is 1. The van der Waals surface area contributed by atoms with Crippen LogP contribution in [0.25, 0.3) is 0 Å². The van der Waals surface area contributed by atoms with Gasteiger partial charge in [0.1, 0.15) is 12.4 Å². The minimum Gasteiger partial charge on any atom is -0.388 e. The lowest BCUT2D eigenvalue weighted by molar-refractivity contribution is 0.166. The molecule has 0 aromatic carbocycles. The normalized spacial score (nSPS) is 24.7. The molecule has 0 bridgehead atoms. The summed E-state index contributed by atoms with van der Waals surface area (Å²) in [7, 11) is 0. The molecule has 1 aromatic rings. The Morgan fingerprint density at radius 3 is 2.26 bits per heavy atom. The molecular formula is C15H27N3O. The smallest absolute Gasteiger partial charge is 0.158 e. The molecule has 0 spiro atoms. The van der Waals surface area contributed by atoms with Crippen LogP contribution in [0.3, 0.4) is 0 Å². The van der Waals surface area contributed by atoms with Crippen molar-refractivity contribution >= 4 is 0 Å². The molecule has 0 atom stereocenters. The summed E-state index contributed by atoms with van der Waals surface area (Å²) in [4.78, 5) is 0. The van der Waals surface area contributed by atoms with Crippen molar-refractivity contribution in [1.82, 2.24) is 14.8 Å². The van der Waals surface area contributed by atoms with E-state index >= 15 is 0 Å². The maximum Gasteiger partial charge on any atom is 0.158 e. The molecule has 0 saturated heterocycles. The molecule has 0 amide bonds. The lowest BCUT2D eigenvalue weighted by Gasteiger charge is -2.36. The molecule has 0 radical (unpaired) electrons. The number of rotatable bonds is 3. The molecule has 4 nitrogen and oxygen atoms in total. The minimum absolute atomic E-state index is 0.0157. The van der Waals surface area contributed by atoms with Crippen molar-refractivity contribution < 1.29 is 5.11 Å². The van der Waals surface area contributed by atoms with Crippen molar-refractivity contribution in [2.45, 2.75) is 72.4 Å². The minimum atomic E-state index is -0.0157. The topological polar surface area (TPSA) is 50.9 Å². The van der Waals surface area contributed by atoms with Crippen LogP contribution in [0.5, 0.6) is 0 Å². The van der Waals surface area contributed by atoms with E-state index < -0.39 is 0 Å². The van der Waals surface area contributed by atoms with Gasteiger partial charge in [-0.1, -0.05) is 20.8 Å². The second-order valence-corrected chi connectivity index (χ2v) is 6.79. The van der Waals surface area contributed by atoms with Crippen molar-refractivity contribution in [3.05, 3.63) is 11.6 Å². The average molecular weight is 265 g/mol. The van der Waals surface area contributed by atoms with E-state index in [1.54, 1.807) is 0 Å². The fourth-order valence-corrected chi connectivity index (χ4v) is 3.33. The lowest BCUT2D eigenvalue weighted by atomic mass is 9.69. The molecule has 1 aromatic heterocycles. The van der Waals surface area contributed by atoms with Gasteiger partial charge in [-0.2, -0.15) is 0 Å². The van der Waals surface area contributed by atoms with Crippen LogP contribution in [0.1, 0.15) is 70.9 Å². The summed E-state index contributed by atoms with van der Waals surface area (Å²) in [5, 5.41) is 17.7. The number of hydrogen-bond acceptors (Lipinski definition) is 3. The van der Waals surface area contributed by atoms with E-state index in [0.717, 1.165) is 18.3 Å². The van der Waals surface area contributed by atoms with E-state index in [4.69, 9.17) is 0 Å². The molecule has 1 N–H and O–H groups in total. The van der Waals surface area contributed by atoms with Gasteiger partial charge in [0.15, 0.2) is 5.82 Å². The highest BCUT2D eigenvalue weighted by Gasteiger charge is 2.32. The maximum atomic E-state index is 9.29. The summed E-state index contributed by atoms with van der Waals surface area (Å²) in [5.74, 6) is 3.12. The second-order valence-electron chi connectivity index (χ2n) is 6.79. The fourth-order valence-electron chi connectivity index (χ4n) is 3.33. The van der Waals surface area contributed by atoms with Crippen LogP contribution in [0.4, 0.5) is 0 Å². The first kappa shape index (κ1) is 14.5. The largest absolute Gasteiger partial charge is 0.388 e. The molecule has 108 valence electrons. The molecule has 0 aliphatic heterocycles. The Hall–Kier alpha value is -0.900. The third-order valence-corrected chi connectivity index (χ3v) is 4.63. The van der Waals surface area contributed by atoms with Gasteiger partial charge in [0.05, 0.1) is 0 Å². The molecule has 1 aliphatic rings. The van der Waals surface area contributed by atoms with Crippen molar-refractivity contribution in [2.24, 2.45) is 11.3 Å². The zero-order chi connectivity index (χ0) is 14.0. The Morgan fingerprint density at radius 2 is 1.79 bits per heavy atom. The van der Waals surface area contributed by atoms with E-state index in [-0.39, 0.29) is 6.61 Å². The summed E-state index contributed by atoms with van der Waals surface area (Å²) in [6.07, 6.45) is 4.95. The van der Waals surface area contributed by atoms with Gasteiger partial charge in [0, 0.05) is 12.5 Å². The summed E-state index contributed by atoms with van der Waals surface area (Å²) in [6.45, 7) is 9.95. The molecule has 4 heteroatoms. The van der Waals surface area contributed by atoms with Crippen molar-refractivity contribution in [3.63, 3.8) is 0 Å². The van der Waals surface area contributed by atoms with Crippen LogP contribution in [-0.4, -0.2) is 19.9 Å². The van der Waals surface area contributed by atoms with Crippen LogP contribution >= 0.6 is 0 Å². The molecule has 1 saturated carbocycles. The van der Waals surface area contributed by atoms with Gasteiger partial charge in [-0.05, 0) is 43.9 Å². The quantitative estimate of drug-likeness (QED) is 0.913. The highest BCUT2D eigenvalue weighted by Crippen LogP contribution is 2.42. The zero-order valence-corrected chi connectivity index (χ0v) is 12.7. The SMILES string of the molecule is CCn1c(CO)nnc1C1CCC(C(C)(C)C)CC1. The Labute approximate surface area is 116 Å². The highest BCUT2D eigenvalue weighted by atomic mass is 16.3. The Bertz CT molecular complexity index is 412. The monoisotopic (exact) mass is 265 g/mol. The molecule has 1 fully saturated rings. The van der Waals surface area contributed by atoms with Crippen molar-refractivity contribution in [1.29, 1.82) is 0 Å². The average Bonchev–Trinajstić information content (AvgIpc) is 2.80. The Kier molecular flexibility index (Phi) is 4.29. The van der Waals surface area contributed by atoms with Crippen LogP contribution in [-0.2, 0) is 13.2 Å². The zero-order valence-electron chi connectivity index (χ0n) is 12.7. The van der Waals surface area contributed by atoms with E-state index in [0.29, 0.717) is 17.2 Å².